The van der Waals surface area contributed by atoms with E-state index in [1.165, 1.54) is 37.3 Å². The number of esters is 1. The molecule has 2 aliphatic rings. The first kappa shape index (κ1) is 17.5. The fourth-order valence-corrected chi connectivity index (χ4v) is 5.04. The molecule has 5 atom stereocenters. The third kappa shape index (κ3) is 3.66. The lowest BCUT2D eigenvalue weighted by atomic mass is 9.59. The third-order valence-corrected chi connectivity index (χ3v) is 6.17. The van der Waals surface area contributed by atoms with Crippen LogP contribution >= 0.6 is 0 Å². The Morgan fingerprint density at radius 1 is 1.33 bits per heavy atom. The molecule has 132 valence electrons. The first-order valence-corrected chi connectivity index (χ1v) is 9.45. The van der Waals surface area contributed by atoms with Crippen molar-refractivity contribution in [3.8, 4) is 5.75 Å². The van der Waals surface area contributed by atoms with E-state index in [1.807, 2.05) is 13.0 Å². The van der Waals surface area contributed by atoms with E-state index >= 15 is 0 Å². The number of aliphatic hydroxyl groups is 1. The van der Waals surface area contributed by atoms with E-state index in [9.17, 15) is 9.90 Å². The lowest BCUT2D eigenvalue weighted by molar-refractivity contribution is -0.131. The molecule has 0 aromatic heterocycles. The van der Waals surface area contributed by atoms with Gasteiger partial charge < -0.3 is 9.84 Å². The highest BCUT2D eigenvalue weighted by atomic mass is 16.5. The van der Waals surface area contributed by atoms with E-state index in [4.69, 9.17) is 4.74 Å². The summed E-state index contributed by atoms with van der Waals surface area (Å²) in [6, 6.07) is 6.20. The maximum Gasteiger partial charge on any atom is 0.308 e. The van der Waals surface area contributed by atoms with Gasteiger partial charge in [0.25, 0.3) is 0 Å². The summed E-state index contributed by atoms with van der Waals surface area (Å²) in [5, 5.41) is 9.68. The number of benzene rings is 1. The topological polar surface area (TPSA) is 46.5 Å². The Balaban J connectivity index is 1.80. The van der Waals surface area contributed by atoms with Gasteiger partial charge in [-0.05, 0) is 92.4 Å². The van der Waals surface area contributed by atoms with Gasteiger partial charge in [-0.2, -0.15) is 0 Å². The Hall–Kier alpha value is -1.35. The quantitative estimate of drug-likeness (QED) is 0.654. The van der Waals surface area contributed by atoms with Crippen LogP contribution in [0.1, 0.15) is 69.9 Å². The first-order valence-electron chi connectivity index (χ1n) is 9.45. The second kappa shape index (κ2) is 7.26. The zero-order valence-corrected chi connectivity index (χ0v) is 15.1. The van der Waals surface area contributed by atoms with Crippen molar-refractivity contribution in [2.45, 2.75) is 71.3 Å². The van der Waals surface area contributed by atoms with Crippen molar-refractivity contribution in [2.75, 3.05) is 0 Å². The summed E-state index contributed by atoms with van der Waals surface area (Å²) in [4.78, 5) is 11.2. The van der Waals surface area contributed by atoms with Crippen LogP contribution in [-0.2, 0) is 11.2 Å². The van der Waals surface area contributed by atoms with E-state index in [2.05, 4.69) is 19.1 Å². The summed E-state index contributed by atoms with van der Waals surface area (Å²) in [6.45, 7) is 5.74. The van der Waals surface area contributed by atoms with Gasteiger partial charge in [-0.1, -0.05) is 13.0 Å². The van der Waals surface area contributed by atoms with Gasteiger partial charge in [0.15, 0.2) is 0 Å². The fourth-order valence-electron chi connectivity index (χ4n) is 5.04. The number of aryl methyl sites for hydroxylation is 1. The number of aliphatic hydroxyl groups excluding tert-OH is 1. The summed E-state index contributed by atoms with van der Waals surface area (Å²) >= 11 is 0. The van der Waals surface area contributed by atoms with Crippen LogP contribution in [-0.4, -0.2) is 17.2 Å². The van der Waals surface area contributed by atoms with Crippen molar-refractivity contribution in [3.05, 3.63) is 29.3 Å². The monoisotopic (exact) mass is 330 g/mol. The predicted octanol–water partition coefficient (Wildman–Crippen LogP) is 4.47. The lowest BCUT2D eigenvalue weighted by Gasteiger charge is -2.46. The first-order chi connectivity index (χ1) is 11.5. The lowest BCUT2D eigenvalue weighted by Crippen LogP contribution is -2.36. The van der Waals surface area contributed by atoms with Crippen LogP contribution in [0.2, 0.25) is 0 Å². The van der Waals surface area contributed by atoms with E-state index in [-0.39, 0.29) is 12.1 Å². The number of ether oxygens (including phenoxy) is 1. The van der Waals surface area contributed by atoms with E-state index in [1.54, 1.807) is 0 Å². The molecule has 0 aliphatic heterocycles. The van der Waals surface area contributed by atoms with Gasteiger partial charge in [0.1, 0.15) is 5.75 Å². The van der Waals surface area contributed by atoms with Crippen molar-refractivity contribution in [3.63, 3.8) is 0 Å². The number of fused-ring (bicyclic) bond motifs is 3. The standard InChI is InChI=1S/C21H30O3/c1-13-4-8-21-19-11-7-17(24-15(3)23)12-16(19)6-10-20(21)18(13)9-5-14(2)22/h7,11-14,18,20-22H,4-6,8-10H2,1-3H3. The summed E-state index contributed by atoms with van der Waals surface area (Å²) in [6.07, 6.45) is 6.68. The largest absolute Gasteiger partial charge is 0.427 e. The normalized spacial score (nSPS) is 30.2. The Bertz CT molecular complexity index is 593. The second-order valence-electron chi connectivity index (χ2n) is 7.91. The highest BCUT2D eigenvalue weighted by Crippen LogP contribution is 2.51. The molecule has 0 heterocycles. The van der Waals surface area contributed by atoms with Gasteiger partial charge >= 0.3 is 5.97 Å². The Morgan fingerprint density at radius 3 is 2.83 bits per heavy atom. The minimum Gasteiger partial charge on any atom is -0.427 e. The zero-order valence-electron chi connectivity index (χ0n) is 15.1. The maximum atomic E-state index is 11.2. The predicted molar refractivity (Wildman–Crippen MR) is 95.1 cm³/mol. The van der Waals surface area contributed by atoms with Crippen molar-refractivity contribution in [1.82, 2.24) is 0 Å². The van der Waals surface area contributed by atoms with Crippen LogP contribution in [0, 0.1) is 17.8 Å². The zero-order chi connectivity index (χ0) is 17.3. The molecule has 1 N–H and O–H groups in total. The Morgan fingerprint density at radius 2 is 2.12 bits per heavy atom. The molecule has 2 aliphatic carbocycles. The van der Waals surface area contributed by atoms with Crippen LogP contribution in [0.3, 0.4) is 0 Å². The third-order valence-electron chi connectivity index (χ3n) is 6.17. The van der Waals surface area contributed by atoms with E-state index < -0.39 is 0 Å². The highest BCUT2D eigenvalue weighted by molar-refractivity contribution is 5.69. The molecule has 0 bridgehead atoms. The SMILES string of the molecule is CC(=O)Oc1ccc2c(c1)CCC1C2CCC(C)C1CCC(C)O. The second-order valence-corrected chi connectivity index (χ2v) is 7.91. The van der Waals surface area contributed by atoms with Crippen molar-refractivity contribution in [2.24, 2.45) is 17.8 Å². The average molecular weight is 330 g/mol. The molecule has 1 aromatic rings. The van der Waals surface area contributed by atoms with Crippen molar-refractivity contribution < 1.29 is 14.6 Å². The minimum absolute atomic E-state index is 0.195. The van der Waals surface area contributed by atoms with Gasteiger partial charge in [0.05, 0.1) is 6.10 Å². The molecule has 3 nitrogen and oxygen atoms in total. The average Bonchev–Trinajstić information content (AvgIpc) is 2.52. The number of hydrogen-bond acceptors (Lipinski definition) is 3. The summed E-state index contributed by atoms with van der Waals surface area (Å²) in [7, 11) is 0. The molecule has 3 heteroatoms. The summed E-state index contributed by atoms with van der Waals surface area (Å²) in [5.74, 6) is 3.27. The summed E-state index contributed by atoms with van der Waals surface area (Å²) < 4.78 is 5.25. The van der Waals surface area contributed by atoms with Crippen LogP contribution < -0.4 is 4.74 Å². The fraction of sp³-hybridized carbons (Fsp3) is 0.667. The minimum atomic E-state index is -0.256. The molecule has 5 unspecified atom stereocenters. The molecular weight excluding hydrogens is 300 g/mol. The molecule has 1 aromatic carbocycles. The van der Waals surface area contributed by atoms with Crippen LogP contribution in [0.4, 0.5) is 0 Å². The molecule has 0 saturated heterocycles. The van der Waals surface area contributed by atoms with Crippen molar-refractivity contribution in [1.29, 1.82) is 0 Å². The molecule has 24 heavy (non-hydrogen) atoms. The van der Waals surface area contributed by atoms with Crippen molar-refractivity contribution >= 4 is 5.97 Å². The highest BCUT2D eigenvalue weighted by Gasteiger charge is 2.40. The summed E-state index contributed by atoms with van der Waals surface area (Å²) in [5.41, 5.74) is 2.83. The van der Waals surface area contributed by atoms with E-state index in [0.29, 0.717) is 11.7 Å². The van der Waals surface area contributed by atoms with Crippen LogP contribution in [0.15, 0.2) is 18.2 Å². The molecule has 0 radical (unpaired) electrons. The maximum absolute atomic E-state index is 11.2. The Kier molecular flexibility index (Phi) is 5.29. The smallest absolute Gasteiger partial charge is 0.308 e. The van der Waals surface area contributed by atoms with Gasteiger partial charge in [-0.15, -0.1) is 0 Å². The van der Waals surface area contributed by atoms with Gasteiger partial charge in [0, 0.05) is 6.92 Å². The molecule has 3 rings (SSSR count). The van der Waals surface area contributed by atoms with Crippen LogP contribution in [0.5, 0.6) is 5.75 Å². The molecular formula is C21H30O3. The molecule has 0 spiro atoms. The number of hydrogen-bond donors (Lipinski definition) is 1. The number of carbonyl (C=O) groups is 1. The van der Waals surface area contributed by atoms with Gasteiger partial charge in [-0.25, -0.2) is 0 Å². The van der Waals surface area contributed by atoms with Gasteiger partial charge in [0.2, 0.25) is 0 Å². The van der Waals surface area contributed by atoms with E-state index in [0.717, 1.165) is 37.0 Å². The number of carbonyl (C=O) groups excluding carboxylic acids is 1. The van der Waals surface area contributed by atoms with Gasteiger partial charge in [-0.3, -0.25) is 4.79 Å². The molecule has 1 saturated carbocycles. The molecule has 1 fully saturated rings. The Labute approximate surface area is 145 Å². The molecule has 0 amide bonds. The number of rotatable bonds is 4. The van der Waals surface area contributed by atoms with Crippen LogP contribution in [0.25, 0.3) is 0 Å².